The van der Waals surface area contributed by atoms with E-state index in [-0.39, 0.29) is 11.7 Å². The van der Waals surface area contributed by atoms with Crippen molar-refractivity contribution in [2.24, 2.45) is 5.92 Å². The molecule has 110 valence electrons. The molecule has 1 amide bonds. The summed E-state index contributed by atoms with van der Waals surface area (Å²) >= 11 is 0. The largest absolute Gasteiger partial charge is 0.480 e. The van der Waals surface area contributed by atoms with Gasteiger partial charge in [-0.2, -0.15) is 0 Å². The van der Waals surface area contributed by atoms with E-state index in [1.54, 1.807) is 13.8 Å². The molecular formula is C15H16N2O4. The number of rotatable bonds is 5. The van der Waals surface area contributed by atoms with Crippen molar-refractivity contribution in [3.05, 3.63) is 42.2 Å². The van der Waals surface area contributed by atoms with Gasteiger partial charge in [0.15, 0.2) is 0 Å². The zero-order chi connectivity index (χ0) is 15.4. The summed E-state index contributed by atoms with van der Waals surface area (Å²) < 4.78 is 4.99. The Morgan fingerprint density at radius 1 is 1.24 bits per heavy atom. The summed E-state index contributed by atoms with van der Waals surface area (Å²) in [7, 11) is 0. The second-order valence-electron chi connectivity index (χ2n) is 4.98. The van der Waals surface area contributed by atoms with E-state index >= 15 is 0 Å². The summed E-state index contributed by atoms with van der Waals surface area (Å²) in [5.41, 5.74) is 1.34. The first-order valence-corrected chi connectivity index (χ1v) is 6.55. The molecule has 0 fully saturated rings. The lowest BCUT2D eigenvalue weighted by Crippen LogP contribution is -2.44. The molecule has 1 heterocycles. The van der Waals surface area contributed by atoms with E-state index in [0.717, 1.165) is 5.56 Å². The molecule has 2 aromatic rings. The number of carboxylic acid groups (broad SMARTS) is 1. The minimum atomic E-state index is -1.08. The lowest BCUT2D eigenvalue weighted by molar-refractivity contribution is -0.140. The third kappa shape index (κ3) is 3.47. The van der Waals surface area contributed by atoms with E-state index in [4.69, 9.17) is 9.63 Å². The minimum absolute atomic E-state index is 0.0132. The van der Waals surface area contributed by atoms with Gasteiger partial charge in [-0.3, -0.25) is 4.79 Å². The molecule has 0 aliphatic rings. The van der Waals surface area contributed by atoms with Gasteiger partial charge in [0.25, 0.3) is 5.91 Å². The summed E-state index contributed by atoms with van der Waals surface area (Å²) in [5, 5.41) is 15.3. The second kappa shape index (κ2) is 6.21. The van der Waals surface area contributed by atoms with Gasteiger partial charge in [0, 0.05) is 11.6 Å². The van der Waals surface area contributed by atoms with Crippen LogP contribution in [0.4, 0.5) is 0 Å². The molecule has 0 unspecified atom stereocenters. The van der Waals surface area contributed by atoms with Gasteiger partial charge in [-0.05, 0) is 5.92 Å². The molecule has 0 aliphatic carbocycles. The summed E-state index contributed by atoms with van der Waals surface area (Å²) in [6, 6.07) is 9.77. The summed E-state index contributed by atoms with van der Waals surface area (Å²) in [6.45, 7) is 3.43. The first-order chi connectivity index (χ1) is 9.99. The smallest absolute Gasteiger partial charge is 0.326 e. The molecule has 0 bridgehead atoms. The van der Waals surface area contributed by atoms with Crippen LogP contribution in [0.3, 0.4) is 0 Å². The SMILES string of the molecule is CC(C)[C@@H](NC(=O)c1cc(-c2ccccc2)no1)C(=O)O. The Kier molecular flexibility index (Phi) is 4.37. The number of benzene rings is 1. The Hall–Kier alpha value is -2.63. The molecule has 1 aromatic heterocycles. The molecule has 6 nitrogen and oxygen atoms in total. The van der Waals surface area contributed by atoms with E-state index in [2.05, 4.69) is 10.5 Å². The van der Waals surface area contributed by atoms with E-state index in [9.17, 15) is 9.59 Å². The average molecular weight is 288 g/mol. The number of carbonyl (C=O) groups excluding carboxylic acids is 1. The number of nitrogens with one attached hydrogen (secondary N) is 1. The molecule has 0 radical (unpaired) electrons. The lowest BCUT2D eigenvalue weighted by Gasteiger charge is -2.16. The van der Waals surface area contributed by atoms with Crippen molar-refractivity contribution in [2.75, 3.05) is 0 Å². The van der Waals surface area contributed by atoms with Crippen molar-refractivity contribution in [2.45, 2.75) is 19.9 Å². The van der Waals surface area contributed by atoms with Gasteiger partial charge in [-0.15, -0.1) is 0 Å². The number of aliphatic carboxylic acids is 1. The minimum Gasteiger partial charge on any atom is -0.480 e. The number of aromatic nitrogens is 1. The maximum Gasteiger partial charge on any atom is 0.326 e. The van der Waals surface area contributed by atoms with E-state index in [0.29, 0.717) is 5.69 Å². The fourth-order valence-electron chi connectivity index (χ4n) is 1.85. The van der Waals surface area contributed by atoms with Crippen LogP contribution in [0, 0.1) is 5.92 Å². The number of carbonyl (C=O) groups is 2. The molecule has 21 heavy (non-hydrogen) atoms. The number of amides is 1. The Labute approximate surface area is 121 Å². The maximum absolute atomic E-state index is 12.0. The molecule has 0 aliphatic heterocycles. The number of carboxylic acids is 1. The normalized spacial score (nSPS) is 12.1. The zero-order valence-corrected chi connectivity index (χ0v) is 11.7. The second-order valence-corrected chi connectivity index (χ2v) is 4.98. The highest BCUT2D eigenvalue weighted by atomic mass is 16.5. The fourth-order valence-corrected chi connectivity index (χ4v) is 1.85. The molecular weight excluding hydrogens is 272 g/mol. The molecule has 2 rings (SSSR count). The van der Waals surface area contributed by atoms with Crippen LogP contribution in [-0.4, -0.2) is 28.2 Å². The number of nitrogens with zero attached hydrogens (tertiary/aromatic N) is 1. The fraction of sp³-hybridized carbons (Fsp3) is 0.267. The average Bonchev–Trinajstić information content (AvgIpc) is 2.94. The Morgan fingerprint density at radius 2 is 1.90 bits per heavy atom. The van der Waals surface area contributed by atoms with Gasteiger partial charge in [0.2, 0.25) is 5.76 Å². The van der Waals surface area contributed by atoms with Crippen molar-refractivity contribution in [1.29, 1.82) is 0 Å². The van der Waals surface area contributed by atoms with Crippen LogP contribution < -0.4 is 5.32 Å². The molecule has 2 N–H and O–H groups in total. The van der Waals surface area contributed by atoms with Crippen LogP contribution in [0.1, 0.15) is 24.4 Å². The van der Waals surface area contributed by atoms with Crippen molar-refractivity contribution >= 4 is 11.9 Å². The van der Waals surface area contributed by atoms with Gasteiger partial charge >= 0.3 is 5.97 Å². The topological polar surface area (TPSA) is 92.4 Å². The molecule has 1 aromatic carbocycles. The summed E-state index contributed by atoms with van der Waals surface area (Å²) in [5.74, 6) is -1.92. The highest BCUT2D eigenvalue weighted by Gasteiger charge is 2.25. The van der Waals surface area contributed by atoms with Crippen LogP contribution >= 0.6 is 0 Å². The first kappa shape index (κ1) is 14.8. The summed E-state index contributed by atoms with van der Waals surface area (Å²) in [4.78, 5) is 23.1. The van der Waals surface area contributed by atoms with Crippen LogP contribution in [0.25, 0.3) is 11.3 Å². The molecule has 1 atom stereocenters. The highest BCUT2D eigenvalue weighted by Crippen LogP contribution is 2.18. The number of hydrogen-bond donors (Lipinski definition) is 2. The van der Waals surface area contributed by atoms with Crippen molar-refractivity contribution in [1.82, 2.24) is 10.5 Å². The van der Waals surface area contributed by atoms with Gasteiger partial charge in [0.1, 0.15) is 11.7 Å². The predicted molar refractivity (Wildman–Crippen MR) is 75.7 cm³/mol. The highest BCUT2D eigenvalue weighted by molar-refractivity contribution is 5.95. The van der Waals surface area contributed by atoms with Gasteiger partial charge in [0.05, 0.1) is 0 Å². The Balaban J connectivity index is 2.14. The molecule has 0 spiro atoms. The molecule has 0 saturated carbocycles. The maximum atomic E-state index is 12.0. The molecule has 6 heteroatoms. The number of hydrogen-bond acceptors (Lipinski definition) is 4. The van der Waals surface area contributed by atoms with Crippen molar-refractivity contribution in [3.8, 4) is 11.3 Å². The third-order valence-electron chi connectivity index (χ3n) is 3.02. The predicted octanol–water partition coefficient (Wildman–Crippen LogP) is 2.18. The van der Waals surface area contributed by atoms with E-state index in [1.165, 1.54) is 6.07 Å². The van der Waals surface area contributed by atoms with E-state index in [1.807, 2.05) is 30.3 Å². The van der Waals surface area contributed by atoms with Crippen LogP contribution in [0.15, 0.2) is 40.9 Å². The Morgan fingerprint density at radius 3 is 2.48 bits per heavy atom. The molecule has 0 saturated heterocycles. The lowest BCUT2D eigenvalue weighted by atomic mass is 10.0. The van der Waals surface area contributed by atoms with Gasteiger partial charge in [-0.25, -0.2) is 4.79 Å². The van der Waals surface area contributed by atoms with Crippen LogP contribution in [0.5, 0.6) is 0 Å². The Bertz CT molecular complexity index is 634. The standard InChI is InChI=1S/C15H16N2O4/c1-9(2)13(15(19)20)16-14(18)12-8-11(17-21-12)10-6-4-3-5-7-10/h3-9,13H,1-2H3,(H,16,18)(H,19,20)/t13-/m1/s1. The quantitative estimate of drug-likeness (QED) is 0.879. The zero-order valence-electron chi connectivity index (χ0n) is 11.7. The first-order valence-electron chi connectivity index (χ1n) is 6.55. The van der Waals surface area contributed by atoms with Gasteiger partial charge < -0.3 is 14.9 Å². The van der Waals surface area contributed by atoms with Crippen LogP contribution in [-0.2, 0) is 4.79 Å². The van der Waals surface area contributed by atoms with Crippen molar-refractivity contribution in [3.63, 3.8) is 0 Å². The monoisotopic (exact) mass is 288 g/mol. The van der Waals surface area contributed by atoms with E-state index < -0.39 is 17.9 Å². The van der Waals surface area contributed by atoms with Crippen molar-refractivity contribution < 1.29 is 19.2 Å². The third-order valence-corrected chi connectivity index (χ3v) is 3.02. The summed E-state index contributed by atoms with van der Waals surface area (Å²) in [6.07, 6.45) is 0. The van der Waals surface area contributed by atoms with Crippen LogP contribution in [0.2, 0.25) is 0 Å². The van der Waals surface area contributed by atoms with Gasteiger partial charge in [-0.1, -0.05) is 49.3 Å².